The van der Waals surface area contributed by atoms with Gasteiger partial charge in [0.1, 0.15) is 11.2 Å². The highest BCUT2D eigenvalue weighted by molar-refractivity contribution is 7.26. The van der Waals surface area contributed by atoms with E-state index in [0.29, 0.717) is 0 Å². The molecule has 0 radical (unpaired) electrons. The molecule has 26 rings (SSSR count). The first-order chi connectivity index (χ1) is 61.6. The minimum Gasteiger partial charge on any atom is -0.456 e. The third-order valence-corrected chi connectivity index (χ3v) is 29.3. The average molecular weight is 1630 g/mol. The molecule has 4 nitrogen and oxygen atoms in total. The molecule has 125 heavy (non-hydrogen) atoms. The molecule has 6 heterocycles. The Bertz CT molecular complexity index is 8530. The molecule has 6 aromatic heterocycles. The van der Waals surface area contributed by atoms with Gasteiger partial charge in [0.15, 0.2) is 0 Å². The predicted molar refractivity (Wildman–Crippen MR) is 533 cm³/mol. The fourth-order valence-corrected chi connectivity index (χ4v) is 23.3. The Morgan fingerprint density at radius 2 is 0.592 bits per heavy atom. The summed E-state index contributed by atoms with van der Waals surface area (Å²) in [6, 6.07) is 143. The van der Waals surface area contributed by atoms with E-state index in [-0.39, 0.29) is 10.8 Å². The van der Waals surface area contributed by atoms with Crippen molar-refractivity contribution in [3.8, 4) is 101 Å². The van der Waals surface area contributed by atoms with Crippen LogP contribution in [0.2, 0.25) is 0 Å². The van der Waals surface area contributed by atoms with Crippen molar-refractivity contribution < 1.29 is 4.42 Å². The molecular formula is C119H81N3OS2. The van der Waals surface area contributed by atoms with Crippen LogP contribution in [0, 0.1) is 0 Å². The molecule has 18 aromatic carbocycles. The molecule has 0 aliphatic heterocycles. The molecule has 0 fully saturated rings. The number of fused-ring (bicyclic) bond motifs is 27. The van der Waals surface area contributed by atoms with Crippen molar-refractivity contribution in [3.05, 3.63) is 417 Å². The summed E-state index contributed by atoms with van der Waals surface area (Å²) in [5.41, 5.74) is 31.9. The first kappa shape index (κ1) is 74.1. The summed E-state index contributed by atoms with van der Waals surface area (Å²) >= 11 is 3.72. The van der Waals surface area contributed by atoms with Crippen LogP contribution in [0.3, 0.4) is 0 Å². The first-order valence-corrected chi connectivity index (χ1v) is 45.1. The normalized spacial score (nSPS) is 13.0. The van der Waals surface area contributed by atoms with Crippen LogP contribution in [0.1, 0.15) is 62.8 Å². The maximum atomic E-state index is 6.44. The zero-order chi connectivity index (χ0) is 83.2. The molecule has 0 atom stereocenters. The van der Waals surface area contributed by atoms with Gasteiger partial charge in [-0.3, -0.25) is 0 Å². The van der Waals surface area contributed by atoms with E-state index in [1.807, 2.05) is 22.7 Å². The maximum Gasteiger partial charge on any atom is 0.137 e. The number of hydrogen-bond acceptors (Lipinski definition) is 6. The van der Waals surface area contributed by atoms with Crippen LogP contribution in [-0.2, 0) is 10.8 Å². The van der Waals surface area contributed by atoms with Gasteiger partial charge in [0.25, 0.3) is 0 Å². The Balaban J connectivity index is 0.000000105. The molecule has 2 aliphatic rings. The van der Waals surface area contributed by atoms with Crippen molar-refractivity contribution in [2.45, 2.75) is 51.4 Å². The van der Waals surface area contributed by atoms with Crippen molar-refractivity contribution in [2.24, 2.45) is 0 Å². The van der Waals surface area contributed by atoms with Gasteiger partial charge in [-0.05, 0) is 207 Å². The van der Waals surface area contributed by atoms with Crippen LogP contribution < -0.4 is 0 Å². The number of nitrogens with zero attached hydrogens (tertiary/aromatic N) is 3. The second-order valence-electron chi connectivity index (χ2n) is 34.0. The summed E-state index contributed by atoms with van der Waals surface area (Å²) in [7, 11) is 0. The monoisotopic (exact) mass is 1630 g/mol. The van der Waals surface area contributed by atoms with Crippen molar-refractivity contribution in [1.29, 1.82) is 0 Å². The number of pyridine rings is 3. The van der Waals surface area contributed by atoms with E-state index in [1.54, 1.807) is 0 Å². The van der Waals surface area contributed by atoms with Crippen molar-refractivity contribution in [3.63, 3.8) is 0 Å². The molecule has 0 saturated heterocycles. The number of aromatic nitrogens is 3. The summed E-state index contributed by atoms with van der Waals surface area (Å²) in [5.74, 6) is 0. The van der Waals surface area contributed by atoms with Crippen LogP contribution >= 0.6 is 22.7 Å². The van der Waals surface area contributed by atoms with E-state index in [2.05, 4.69) is 422 Å². The first-order valence-electron chi connectivity index (χ1n) is 43.5. The summed E-state index contributed by atoms with van der Waals surface area (Å²) in [6.45, 7) is 9.33. The van der Waals surface area contributed by atoms with Crippen molar-refractivity contribution in [1.82, 2.24) is 15.0 Å². The number of benzene rings is 18. The van der Waals surface area contributed by atoms with Gasteiger partial charge in [0, 0.05) is 89.4 Å². The highest BCUT2D eigenvalue weighted by Gasteiger charge is 2.41. The van der Waals surface area contributed by atoms with E-state index >= 15 is 0 Å². The summed E-state index contributed by atoms with van der Waals surface area (Å²) in [6.07, 6.45) is 2.15. The van der Waals surface area contributed by atoms with Crippen LogP contribution in [-0.4, -0.2) is 15.0 Å². The van der Waals surface area contributed by atoms with Gasteiger partial charge < -0.3 is 4.42 Å². The van der Waals surface area contributed by atoms with E-state index in [0.717, 1.165) is 84.9 Å². The number of furan rings is 1. The highest BCUT2D eigenvalue weighted by Crippen LogP contribution is 2.56. The smallest absolute Gasteiger partial charge is 0.137 e. The van der Waals surface area contributed by atoms with E-state index in [9.17, 15) is 0 Å². The highest BCUT2D eigenvalue weighted by atomic mass is 32.1. The third kappa shape index (κ3) is 11.9. The van der Waals surface area contributed by atoms with Crippen LogP contribution in [0.15, 0.2) is 399 Å². The van der Waals surface area contributed by atoms with Gasteiger partial charge in [-0.2, -0.15) is 0 Å². The lowest BCUT2D eigenvalue weighted by Crippen LogP contribution is -2.23. The number of hydrogen-bond donors (Lipinski definition) is 0. The second-order valence-corrected chi connectivity index (χ2v) is 36.2. The molecule has 0 saturated carbocycles. The molecule has 6 heteroatoms. The third-order valence-electron chi connectivity index (χ3n) is 27.1. The molecule has 24 aromatic rings. The molecule has 590 valence electrons. The van der Waals surface area contributed by atoms with E-state index < -0.39 is 0 Å². The fraction of sp³-hybridized carbons (Fsp3) is 0.0672. The fourth-order valence-electron chi connectivity index (χ4n) is 21.0. The predicted octanol–water partition coefficient (Wildman–Crippen LogP) is 33.9. The van der Waals surface area contributed by atoms with E-state index in [4.69, 9.17) is 19.4 Å². The van der Waals surface area contributed by atoms with Gasteiger partial charge in [-0.25, -0.2) is 15.0 Å². The zero-order valence-corrected chi connectivity index (χ0v) is 71.1. The van der Waals surface area contributed by atoms with Crippen LogP contribution in [0.5, 0.6) is 0 Å². The molecule has 2 aliphatic carbocycles. The largest absolute Gasteiger partial charge is 0.456 e. The Morgan fingerprint density at radius 3 is 1.13 bits per heavy atom. The quantitative estimate of drug-likeness (QED) is 0.145. The van der Waals surface area contributed by atoms with E-state index in [1.165, 1.54) is 178 Å². The second kappa shape index (κ2) is 29.5. The number of thiophene rings is 2. The molecular weight excluding hydrogens is 1550 g/mol. The molecule has 0 N–H and O–H groups in total. The van der Waals surface area contributed by atoms with Gasteiger partial charge in [0.05, 0.1) is 39.0 Å². The van der Waals surface area contributed by atoms with Gasteiger partial charge in [-0.15, -0.1) is 22.7 Å². The zero-order valence-electron chi connectivity index (χ0n) is 69.5. The SMILES string of the molecule is CC1(C)c2ccccc2-c2cc(-c3cc(-c4ccccc4)c4ccc5oc6ccc7ccccc7c6c5c4n3)ccc21.CCC1(CC)c2ccccc2-c2ccc(-c3cc(-c4ccccc4)c4ccc5sc6ccc7ccccc7c6c5c4n3)cc21.c1ccc(-c2ccccc2-c2cc(-c3ccccc3)c3ccc4sc5ccc6ccccc6c5c4c3n2)cc1. The standard InChI is InChI=1S/C42H31NS.C40H27NO.C37H23NS/c1-3-42(4-2)34-17-11-10-16-30(34)31-20-18-28(24-35(31)42)36-25-33(26-12-6-5-7-13-26)32-21-23-38-40(41(32)43-36)39-29-15-9-8-14-27(29)19-22-37(39)44-38;1-40(2)32-15-9-8-14-28(32)31-22-26(16-19-33(31)40)34-23-30(24-10-4-3-5-11-24)29-18-21-36-38(39(29)41-34)37-27-13-7-6-12-25(27)17-20-35(37)42-36;1-3-11-24(12-4-1)27-16-9-10-18-29(27)32-23-31(25-13-5-2-6-14-25)30-20-22-34-36(37(30)38-32)35-28-17-8-7-15-26(28)19-21-33(35)39-34/h5-25H,3-4H2,1-2H3;3-23H,1-2H3;1-23H. The van der Waals surface area contributed by atoms with Crippen LogP contribution in [0.25, 0.3) is 228 Å². The van der Waals surface area contributed by atoms with Gasteiger partial charge in [-0.1, -0.05) is 349 Å². The Hall–Kier alpha value is -14.8. The van der Waals surface area contributed by atoms with Gasteiger partial charge >= 0.3 is 0 Å². The summed E-state index contributed by atoms with van der Waals surface area (Å²) < 4.78 is 11.6. The Kier molecular flexibility index (Phi) is 17.5. The Morgan fingerprint density at radius 1 is 0.232 bits per heavy atom. The molecule has 0 amide bonds. The van der Waals surface area contributed by atoms with Crippen molar-refractivity contribution >= 4 is 150 Å². The minimum atomic E-state index is -0.0284. The topological polar surface area (TPSA) is 51.8 Å². The molecule has 0 bridgehead atoms. The summed E-state index contributed by atoms with van der Waals surface area (Å²) in [4.78, 5) is 16.5. The average Bonchev–Trinajstić information content (AvgIpc) is 1.61. The minimum absolute atomic E-state index is 0.0246. The summed E-state index contributed by atoms with van der Waals surface area (Å²) in [5, 5.41) is 18.3. The molecule has 0 spiro atoms. The van der Waals surface area contributed by atoms with Crippen LogP contribution in [0.4, 0.5) is 0 Å². The van der Waals surface area contributed by atoms with Crippen molar-refractivity contribution in [2.75, 3.05) is 0 Å². The number of rotatable bonds is 9. The lowest BCUT2D eigenvalue weighted by molar-refractivity contribution is 0.490. The lowest BCUT2D eigenvalue weighted by atomic mass is 9.73. The Labute approximate surface area is 732 Å². The maximum absolute atomic E-state index is 6.44. The van der Waals surface area contributed by atoms with Gasteiger partial charge in [0.2, 0.25) is 0 Å². The lowest BCUT2D eigenvalue weighted by Gasteiger charge is -2.30. The molecule has 0 unspecified atom stereocenters.